The lowest BCUT2D eigenvalue weighted by molar-refractivity contribution is -0.139. The number of para-hydroxylation sites is 1. The Morgan fingerprint density at radius 2 is 2.16 bits per heavy atom. The Balaban J connectivity index is 2.23. The first-order valence-corrected chi connectivity index (χ1v) is 6.47. The van der Waals surface area contributed by atoms with Gasteiger partial charge in [-0.15, -0.1) is 0 Å². The monoisotopic (exact) mass is 262 g/mol. The van der Waals surface area contributed by atoms with Gasteiger partial charge in [0.25, 0.3) is 0 Å². The molecule has 1 atom stereocenters. The van der Waals surface area contributed by atoms with Gasteiger partial charge in [-0.3, -0.25) is 9.59 Å². The quantitative estimate of drug-likeness (QED) is 0.855. The summed E-state index contributed by atoms with van der Waals surface area (Å²) in [6.07, 6.45) is 0.533. The lowest BCUT2D eigenvalue weighted by Gasteiger charge is -2.33. The molecule has 19 heavy (non-hydrogen) atoms. The Morgan fingerprint density at radius 1 is 1.42 bits per heavy atom. The second-order valence-corrected chi connectivity index (χ2v) is 4.61. The molecule has 5 heteroatoms. The van der Waals surface area contributed by atoms with Gasteiger partial charge in [-0.05, 0) is 25.0 Å². The maximum Gasteiger partial charge on any atom is 0.311 e. The summed E-state index contributed by atoms with van der Waals surface area (Å²) in [6.45, 7) is 3.34. The number of nitrogens with zero attached hydrogens (tertiary/aromatic N) is 1. The van der Waals surface area contributed by atoms with E-state index in [0.717, 1.165) is 11.3 Å². The molecule has 0 spiro atoms. The van der Waals surface area contributed by atoms with Gasteiger partial charge in [0.2, 0.25) is 5.91 Å². The molecule has 0 saturated heterocycles. The van der Waals surface area contributed by atoms with Crippen molar-refractivity contribution in [3.63, 3.8) is 0 Å². The smallest absolute Gasteiger partial charge is 0.311 e. The van der Waals surface area contributed by atoms with Crippen molar-refractivity contribution in [1.29, 1.82) is 0 Å². The Morgan fingerprint density at radius 3 is 2.84 bits per heavy atom. The zero-order chi connectivity index (χ0) is 13.8. The maximum atomic E-state index is 11.7. The fourth-order valence-corrected chi connectivity index (χ4v) is 2.48. The number of rotatable bonds is 4. The van der Waals surface area contributed by atoms with Crippen LogP contribution in [0.4, 0.5) is 5.69 Å². The van der Waals surface area contributed by atoms with Crippen LogP contribution in [0.25, 0.3) is 0 Å². The highest BCUT2D eigenvalue weighted by atomic mass is 16.4. The van der Waals surface area contributed by atoms with Crippen LogP contribution in [-0.4, -0.2) is 36.6 Å². The molecule has 1 amide bonds. The van der Waals surface area contributed by atoms with E-state index in [1.54, 1.807) is 0 Å². The summed E-state index contributed by atoms with van der Waals surface area (Å²) in [5, 5.41) is 12.0. The molecule has 102 valence electrons. The summed E-state index contributed by atoms with van der Waals surface area (Å²) in [5.74, 6) is -1.31. The normalized spacial score (nSPS) is 17.7. The van der Waals surface area contributed by atoms with Crippen LogP contribution in [0.5, 0.6) is 0 Å². The molecule has 2 rings (SSSR count). The van der Waals surface area contributed by atoms with Crippen molar-refractivity contribution in [3.8, 4) is 0 Å². The lowest BCUT2D eigenvalue weighted by atomic mass is 9.90. The highest BCUT2D eigenvalue weighted by Crippen LogP contribution is 2.34. The summed E-state index contributed by atoms with van der Waals surface area (Å²) in [4.78, 5) is 24.9. The summed E-state index contributed by atoms with van der Waals surface area (Å²) >= 11 is 0. The van der Waals surface area contributed by atoms with E-state index in [1.165, 1.54) is 0 Å². The average molecular weight is 262 g/mol. The zero-order valence-corrected chi connectivity index (χ0v) is 10.9. The number of fused-ring (bicyclic) bond motifs is 1. The van der Waals surface area contributed by atoms with E-state index in [0.29, 0.717) is 19.5 Å². The molecule has 1 aromatic carbocycles. The van der Waals surface area contributed by atoms with Crippen molar-refractivity contribution in [1.82, 2.24) is 5.32 Å². The van der Waals surface area contributed by atoms with Crippen molar-refractivity contribution < 1.29 is 14.7 Å². The Kier molecular flexibility index (Phi) is 4.04. The second-order valence-electron chi connectivity index (χ2n) is 4.61. The number of hydrogen-bond acceptors (Lipinski definition) is 3. The molecule has 1 heterocycles. The number of aliphatic carboxylic acids is 1. The van der Waals surface area contributed by atoms with Crippen LogP contribution in [0.3, 0.4) is 0 Å². The number of carbonyl (C=O) groups is 2. The Hall–Kier alpha value is -2.04. The first-order valence-electron chi connectivity index (χ1n) is 6.47. The largest absolute Gasteiger partial charge is 0.481 e. The van der Waals surface area contributed by atoms with Crippen molar-refractivity contribution in [3.05, 3.63) is 29.8 Å². The Labute approximate surface area is 112 Å². The molecule has 1 aliphatic rings. The molecule has 0 aromatic heterocycles. The predicted molar refractivity (Wildman–Crippen MR) is 72.3 cm³/mol. The number of carboxylic acids is 1. The first kappa shape index (κ1) is 13.4. The summed E-state index contributed by atoms with van der Waals surface area (Å²) in [6, 6.07) is 7.42. The van der Waals surface area contributed by atoms with Gasteiger partial charge in [-0.25, -0.2) is 0 Å². The molecule has 5 nitrogen and oxygen atoms in total. The number of carboxylic acid groups (broad SMARTS) is 1. The molecule has 1 unspecified atom stereocenters. The number of benzene rings is 1. The molecule has 0 radical (unpaired) electrons. The van der Waals surface area contributed by atoms with Crippen molar-refractivity contribution in [2.45, 2.75) is 19.3 Å². The molecule has 0 bridgehead atoms. The minimum absolute atomic E-state index is 0.0360. The minimum atomic E-state index is -0.801. The van der Waals surface area contributed by atoms with Gasteiger partial charge < -0.3 is 15.3 Å². The lowest BCUT2D eigenvalue weighted by Crippen LogP contribution is -2.41. The predicted octanol–water partition coefficient (Wildman–Crippen LogP) is 1.20. The van der Waals surface area contributed by atoms with E-state index in [9.17, 15) is 14.7 Å². The molecular weight excluding hydrogens is 244 g/mol. The average Bonchev–Trinajstić information content (AvgIpc) is 2.39. The highest BCUT2D eigenvalue weighted by molar-refractivity contribution is 5.84. The fraction of sp³-hybridized carbons (Fsp3) is 0.429. The van der Waals surface area contributed by atoms with Gasteiger partial charge in [0, 0.05) is 18.8 Å². The van der Waals surface area contributed by atoms with E-state index in [1.807, 2.05) is 36.1 Å². The molecule has 0 fully saturated rings. The van der Waals surface area contributed by atoms with Crippen LogP contribution in [0, 0.1) is 0 Å². The number of amides is 1. The minimum Gasteiger partial charge on any atom is -0.481 e. The maximum absolute atomic E-state index is 11.7. The van der Waals surface area contributed by atoms with Crippen LogP contribution >= 0.6 is 0 Å². The second kappa shape index (κ2) is 5.73. The highest BCUT2D eigenvalue weighted by Gasteiger charge is 2.30. The third-order valence-corrected chi connectivity index (χ3v) is 3.35. The fourth-order valence-electron chi connectivity index (χ4n) is 2.48. The van der Waals surface area contributed by atoms with E-state index >= 15 is 0 Å². The molecule has 1 aliphatic heterocycles. The van der Waals surface area contributed by atoms with Crippen LogP contribution in [0.2, 0.25) is 0 Å². The van der Waals surface area contributed by atoms with Gasteiger partial charge in [0.1, 0.15) is 0 Å². The van der Waals surface area contributed by atoms with Crippen molar-refractivity contribution in [2.75, 3.05) is 24.5 Å². The summed E-state index contributed by atoms with van der Waals surface area (Å²) < 4.78 is 0. The topological polar surface area (TPSA) is 69.6 Å². The summed E-state index contributed by atoms with van der Waals surface area (Å²) in [5.41, 5.74) is 1.65. The molecule has 0 saturated carbocycles. The number of anilines is 1. The first-order chi connectivity index (χ1) is 9.13. The van der Waals surface area contributed by atoms with Gasteiger partial charge in [-0.2, -0.15) is 0 Å². The van der Waals surface area contributed by atoms with Crippen molar-refractivity contribution >= 4 is 17.6 Å². The number of hydrogen-bond donors (Lipinski definition) is 2. The molecule has 2 N–H and O–H groups in total. The molecule has 0 aliphatic carbocycles. The Bertz CT molecular complexity index is 487. The van der Waals surface area contributed by atoms with Gasteiger partial charge >= 0.3 is 5.97 Å². The third-order valence-electron chi connectivity index (χ3n) is 3.35. The zero-order valence-electron chi connectivity index (χ0n) is 10.9. The van der Waals surface area contributed by atoms with Gasteiger partial charge in [0.15, 0.2) is 0 Å². The molecular formula is C14H18N2O3. The number of nitrogens with one attached hydrogen (secondary N) is 1. The van der Waals surface area contributed by atoms with E-state index < -0.39 is 11.9 Å². The standard InChI is InChI=1S/C14H18N2O3/c1-2-15-13(17)9-16-8-7-11(14(18)19)10-5-3-4-6-12(10)16/h3-6,11H,2,7-9H2,1H3,(H,15,17)(H,18,19). The van der Waals surface area contributed by atoms with E-state index in [-0.39, 0.29) is 12.5 Å². The van der Waals surface area contributed by atoms with Gasteiger partial charge in [0.05, 0.1) is 12.5 Å². The third kappa shape index (κ3) is 2.86. The number of likely N-dealkylation sites (N-methyl/N-ethyl adjacent to an activating group) is 1. The van der Waals surface area contributed by atoms with Crippen LogP contribution in [-0.2, 0) is 9.59 Å². The van der Waals surface area contributed by atoms with Crippen molar-refractivity contribution in [2.24, 2.45) is 0 Å². The van der Waals surface area contributed by atoms with Crippen LogP contribution < -0.4 is 10.2 Å². The van der Waals surface area contributed by atoms with Crippen LogP contribution in [0.15, 0.2) is 24.3 Å². The summed E-state index contributed by atoms with van der Waals surface area (Å²) in [7, 11) is 0. The molecule has 1 aromatic rings. The van der Waals surface area contributed by atoms with Crippen LogP contribution in [0.1, 0.15) is 24.8 Å². The van der Waals surface area contributed by atoms with E-state index in [4.69, 9.17) is 0 Å². The SMILES string of the molecule is CCNC(=O)CN1CCC(C(=O)O)c2ccccc21. The van der Waals surface area contributed by atoms with E-state index in [2.05, 4.69) is 5.32 Å². The number of carbonyl (C=O) groups excluding carboxylic acids is 1. The van der Waals surface area contributed by atoms with Gasteiger partial charge in [-0.1, -0.05) is 18.2 Å².